The smallest absolute Gasteiger partial charge is 0.347 e. The third-order valence-corrected chi connectivity index (χ3v) is 4.35. The highest BCUT2D eigenvalue weighted by atomic mass is 16.6. The SMILES string of the molecule is CC(=O)Oc1cc(C=Cc2ccc(OC(=O)c3ccccc3OC(C)=O)cc2)cc(OC(C)=O)c1. The Bertz CT molecular complexity index is 1250. The molecule has 0 saturated carbocycles. The molecule has 3 aromatic rings. The zero-order chi connectivity index (χ0) is 25.4. The monoisotopic (exact) mass is 474 g/mol. The lowest BCUT2D eigenvalue weighted by Crippen LogP contribution is -2.12. The summed E-state index contributed by atoms with van der Waals surface area (Å²) >= 11 is 0. The summed E-state index contributed by atoms with van der Waals surface area (Å²) < 4.78 is 20.7. The van der Waals surface area contributed by atoms with E-state index in [1.807, 2.05) is 0 Å². The summed E-state index contributed by atoms with van der Waals surface area (Å²) in [5.74, 6) is -1.29. The Morgan fingerprint density at radius 1 is 0.571 bits per heavy atom. The number of rotatable bonds is 7. The minimum atomic E-state index is -0.662. The first-order valence-electron chi connectivity index (χ1n) is 10.5. The molecule has 3 rings (SSSR count). The summed E-state index contributed by atoms with van der Waals surface area (Å²) in [5, 5.41) is 0. The summed E-state index contributed by atoms with van der Waals surface area (Å²) in [6, 6.07) is 17.7. The number of hydrogen-bond donors (Lipinski definition) is 0. The van der Waals surface area contributed by atoms with Crippen LogP contribution in [0.1, 0.15) is 42.3 Å². The zero-order valence-electron chi connectivity index (χ0n) is 19.3. The van der Waals surface area contributed by atoms with Crippen LogP contribution in [0.2, 0.25) is 0 Å². The van der Waals surface area contributed by atoms with Gasteiger partial charge in [0, 0.05) is 26.8 Å². The molecule has 35 heavy (non-hydrogen) atoms. The molecule has 0 spiro atoms. The van der Waals surface area contributed by atoms with Crippen molar-refractivity contribution in [3.8, 4) is 23.0 Å². The predicted molar refractivity (Wildman–Crippen MR) is 127 cm³/mol. The Morgan fingerprint density at radius 2 is 1.11 bits per heavy atom. The molecule has 0 aromatic heterocycles. The van der Waals surface area contributed by atoms with Crippen LogP contribution in [0.5, 0.6) is 23.0 Å². The Hall–Kier alpha value is -4.72. The lowest BCUT2D eigenvalue weighted by atomic mass is 10.1. The standard InChI is InChI=1S/C27H22O8/c1-17(28)32-23-14-21(15-24(16-23)33-18(2)29)9-8-20-10-12-22(13-11-20)35-27(31)25-6-4-5-7-26(25)34-19(3)30/h4-16H,1-3H3. The molecule has 0 bridgehead atoms. The first kappa shape index (κ1) is 24.9. The van der Waals surface area contributed by atoms with Crippen LogP contribution in [0.4, 0.5) is 0 Å². The fourth-order valence-electron chi connectivity index (χ4n) is 3.02. The van der Waals surface area contributed by atoms with Gasteiger partial charge in [-0.15, -0.1) is 0 Å². The molecule has 0 N–H and O–H groups in total. The van der Waals surface area contributed by atoms with Crippen molar-refractivity contribution in [2.45, 2.75) is 20.8 Å². The van der Waals surface area contributed by atoms with E-state index in [1.54, 1.807) is 60.7 Å². The van der Waals surface area contributed by atoms with Gasteiger partial charge in [0.05, 0.1) is 0 Å². The third kappa shape index (κ3) is 7.68. The minimum absolute atomic E-state index is 0.119. The molecule has 0 aliphatic rings. The van der Waals surface area contributed by atoms with Crippen molar-refractivity contribution in [2.24, 2.45) is 0 Å². The van der Waals surface area contributed by atoms with Crippen LogP contribution in [0.15, 0.2) is 66.7 Å². The lowest BCUT2D eigenvalue weighted by Gasteiger charge is -2.09. The quantitative estimate of drug-likeness (QED) is 0.272. The maximum absolute atomic E-state index is 12.5. The van der Waals surface area contributed by atoms with Gasteiger partial charge in [-0.05, 0) is 47.5 Å². The highest BCUT2D eigenvalue weighted by molar-refractivity contribution is 5.94. The third-order valence-electron chi connectivity index (χ3n) is 4.35. The molecule has 0 atom stereocenters. The fraction of sp³-hybridized carbons (Fsp3) is 0.111. The number of hydrogen-bond acceptors (Lipinski definition) is 8. The average molecular weight is 474 g/mol. The molecular weight excluding hydrogens is 452 g/mol. The van der Waals surface area contributed by atoms with Gasteiger partial charge in [0.1, 0.15) is 28.6 Å². The summed E-state index contributed by atoms with van der Waals surface area (Å²) in [6.07, 6.45) is 3.53. The van der Waals surface area contributed by atoms with Gasteiger partial charge in [0.15, 0.2) is 0 Å². The minimum Gasteiger partial charge on any atom is -0.427 e. The molecule has 0 aliphatic carbocycles. The van der Waals surface area contributed by atoms with Gasteiger partial charge in [-0.1, -0.05) is 36.4 Å². The number of carbonyl (C=O) groups excluding carboxylic acids is 4. The van der Waals surface area contributed by atoms with E-state index in [4.69, 9.17) is 18.9 Å². The van der Waals surface area contributed by atoms with Crippen molar-refractivity contribution in [3.63, 3.8) is 0 Å². The van der Waals surface area contributed by atoms with E-state index in [0.29, 0.717) is 11.3 Å². The van der Waals surface area contributed by atoms with Crippen LogP contribution in [-0.2, 0) is 14.4 Å². The van der Waals surface area contributed by atoms with Crippen molar-refractivity contribution in [3.05, 3.63) is 83.4 Å². The molecule has 0 amide bonds. The Kier molecular flexibility index (Phi) is 8.13. The predicted octanol–water partition coefficient (Wildman–Crippen LogP) is 4.85. The number of esters is 4. The van der Waals surface area contributed by atoms with E-state index in [1.165, 1.54) is 39.0 Å². The second-order valence-electron chi connectivity index (χ2n) is 7.31. The number of para-hydroxylation sites is 1. The van der Waals surface area contributed by atoms with E-state index in [9.17, 15) is 19.2 Å². The summed E-state index contributed by atoms with van der Waals surface area (Å²) in [5.41, 5.74) is 1.55. The van der Waals surface area contributed by atoms with Crippen LogP contribution >= 0.6 is 0 Å². The molecule has 0 radical (unpaired) electrons. The first-order valence-corrected chi connectivity index (χ1v) is 10.5. The number of ether oxygens (including phenoxy) is 4. The van der Waals surface area contributed by atoms with Gasteiger partial charge >= 0.3 is 23.9 Å². The van der Waals surface area contributed by atoms with Crippen molar-refractivity contribution in [2.75, 3.05) is 0 Å². The van der Waals surface area contributed by atoms with Gasteiger partial charge in [-0.25, -0.2) is 4.79 Å². The van der Waals surface area contributed by atoms with Crippen molar-refractivity contribution >= 4 is 36.0 Å². The van der Waals surface area contributed by atoms with Crippen molar-refractivity contribution < 1.29 is 38.1 Å². The molecule has 3 aromatic carbocycles. The van der Waals surface area contributed by atoms with Crippen molar-refractivity contribution in [1.29, 1.82) is 0 Å². The van der Waals surface area contributed by atoms with E-state index >= 15 is 0 Å². The van der Waals surface area contributed by atoms with Crippen LogP contribution in [0, 0.1) is 0 Å². The number of benzene rings is 3. The molecule has 8 nitrogen and oxygen atoms in total. The van der Waals surface area contributed by atoms with E-state index in [2.05, 4.69) is 0 Å². The van der Waals surface area contributed by atoms with Gasteiger partial charge in [-0.3, -0.25) is 14.4 Å². The van der Waals surface area contributed by atoms with Crippen LogP contribution in [0.3, 0.4) is 0 Å². The fourth-order valence-corrected chi connectivity index (χ4v) is 3.02. The molecule has 8 heteroatoms. The highest BCUT2D eigenvalue weighted by Gasteiger charge is 2.15. The normalized spacial score (nSPS) is 10.5. The average Bonchev–Trinajstić information content (AvgIpc) is 2.77. The number of carbonyl (C=O) groups is 4. The maximum atomic E-state index is 12.5. The Morgan fingerprint density at radius 3 is 1.69 bits per heavy atom. The molecule has 0 heterocycles. The van der Waals surface area contributed by atoms with E-state index < -0.39 is 23.9 Å². The molecule has 0 aliphatic heterocycles. The molecule has 178 valence electrons. The first-order chi connectivity index (χ1) is 16.7. The topological polar surface area (TPSA) is 105 Å². The lowest BCUT2D eigenvalue weighted by molar-refractivity contribution is -0.133. The molecular formula is C27H22O8. The zero-order valence-corrected chi connectivity index (χ0v) is 19.3. The Labute approximate surface area is 201 Å². The second-order valence-corrected chi connectivity index (χ2v) is 7.31. The Balaban J connectivity index is 1.73. The van der Waals surface area contributed by atoms with Crippen molar-refractivity contribution in [1.82, 2.24) is 0 Å². The largest absolute Gasteiger partial charge is 0.427 e. The highest BCUT2D eigenvalue weighted by Crippen LogP contribution is 2.26. The van der Waals surface area contributed by atoms with Crippen LogP contribution in [0.25, 0.3) is 12.2 Å². The van der Waals surface area contributed by atoms with Crippen LogP contribution < -0.4 is 18.9 Å². The van der Waals surface area contributed by atoms with Gasteiger partial charge in [-0.2, -0.15) is 0 Å². The summed E-state index contributed by atoms with van der Waals surface area (Å²) in [6.45, 7) is 3.80. The van der Waals surface area contributed by atoms with E-state index in [-0.39, 0.29) is 22.8 Å². The van der Waals surface area contributed by atoms with Gasteiger partial charge < -0.3 is 18.9 Å². The van der Waals surface area contributed by atoms with Crippen LogP contribution in [-0.4, -0.2) is 23.9 Å². The molecule has 0 saturated heterocycles. The summed E-state index contributed by atoms with van der Waals surface area (Å²) in [4.78, 5) is 46.4. The van der Waals surface area contributed by atoms with Gasteiger partial charge in [0.2, 0.25) is 0 Å². The molecule has 0 unspecified atom stereocenters. The maximum Gasteiger partial charge on any atom is 0.347 e. The second kappa shape index (κ2) is 11.4. The summed E-state index contributed by atoms with van der Waals surface area (Å²) in [7, 11) is 0. The van der Waals surface area contributed by atoms with Gasteiger partial charge in [0.25, 0.3) is 0 Å². The molecule has 0 fully saturated rings. The van der Waals surface area contributed by atoms with E-state index in [0.717, 1.165) is 5.56 Å².